The second kappa shape index (κ2) is 15.0. The Kier molecular flexibility index (Phi) is 14.9. The summed E-state index contributed by atoms with van der Waals surface area (Å²) in [6, 6.07) is 0. The molecule has 0 rings (SSSR count). The Labute approximate surface area is 103 Å². The second-order valence-electron chi connectivity index (χ2n) is 4.65. The lowest BCUT2D eigenvalue weighted by atomic mass is 10.1. The molecule has 0 aliphatic carbocycles. The van der Waals surface area contributed by atoms with E-state index < -0.39 is 0 Å². The quantitative estimate of drug-likeness (QED) is 0.378. The van der Waals surface area contributed by atoms with Crippen LogP contribution in [0, 0.1) is 6.61 Å². The predicted molar refractivity (Wildman–Crippen MR) is 72.4 cm³/mol. The van der Waals surface area contributed by atoms with Gasteiger partial charge in [0.05, 0.1) is 6.61 Å². The molecule has 0 heterocycles. The van der Waals surface area contributed by atoms with E-state index in [1.54, 1.807) is 0 Å². The van der Waals surface area contributed by atoms with Gasteiger partial charge >= 0.3 is 0 Å². The maximum Gasteiger partial charge on any atom is 0.0836 e. The van der Waals surface area contributed by atoms with Gasteiger partial charge in [-0.25, -0.2) is 0 Å². The summed E-state index contributed by atoms with van der Waals surface area (Å²) in [6.07, 6.45) is 14.6. The Morgan fingerprint density at radius 3 is 1.94 bits per heavy atom. The molecular formula is C15H31O. The molecular weight excluding hydrogens is 196 g/mol. The molecule has 0 N–H and O–H groups in total. The summed E-state index contributed by atoms with van der Waals surface area (Å²) in [6.45, 7) is 7.44. The minimum atomic E-state index is 0.930. The van der Waals surface area contributed by atoms with Gasteiger partial charge in [-0.15, -0.1) is 0 Å². The summed E-state index contributed by atoms with van der Waals surface area (Å²) in [4.78, 5) is 0. The number of unbranched alkanes of at least 4 members (excludes halogenated alkanes) is 9. The van der Waals surface area contributed by atoms with Crippen molar-refractivity contribution in [2.24, 2.45) is 0 Å². The third-order valence-electron chi connectivity index (χ3n) is 2.91. The van der Waals surface area contributed by atoms with Crippen LogP contribution in [0.4, 0.5) is 0 Å². The van der Waals surface area contributed by atoms with Crippen LogP contribution in [0.5, 0.6) is 0 Å². The number of ether oxygens (including phenoxy) is 1. The topological polar surface area (TPSA) is 9.23 Å². The lowest BCUT2D eigenvalue weighted by Crippen LogP contribution is -1.92. The van der Waals surface area contributed by atoms with E-state index in [1.807, 2.05) is 6.61 Å². The first-order valence-electron chi connectivity index (χ1n) is 7.35. The molecule has 0 fully saturated rings. The van der Waals surface area contributed by atoms with Crippen LogP contribution >= 0.6 is 0 Å². The maximum atomic E-state index is 5.48. The molecule has 0 saturated heterocycles. The van der Waals surface area contributed by atoms with Crippen LogP contribution in [-0.2, 0) is 4.74 Å². The largest absolute Gasteiger partial charge is 0.376 e. The van der Waals surface area contributed by atoms with E-state index in [4.69, 9.17) is 4.74 Å². The molecule has 1 nitrogen and oxygen atoms in total. The molecule has 1 radical (unpaired) electrons. The zero-order valence-corrected chi connectivity index (χ0v) is 11.5. The molecule has 0 aliphatic heterocycles. The first-order valence-corrected chi connectivity index (χ1v) is 7.35. The lowest BCUT2D eigenvalue weighted by Gasteiger charge is -2.03. The van der Waals surface area contributed by atoms with Crippen LogP contribution in [-0.4, -0.2) is 6.61 Å². The van der Waals surface area contributed by atoms with Crippen LogP contribution in [0.25, 0.3) is 0 Å². The van der Waals surface area contributed by atoms with Crippen molar-refractivity contribution < 1.29 is 4.74 Å². The van der Waals surface area contributed by atoms with Gasteiger partial charge < -0.3 is 4.74 Å². The van der Waals surface area contributed by atoms with Crippen LogP contribution < -0.4 is 0 Å². The molecule has 0 aliphatic rings. The van der Waals surface area contributed by atoms with Crippen LogP contribution in [0.1, 0.15) is 84.5 Å². The van der Waals surface area contributed by atoms with E-state index in [9.17, 15) is 0 Å². The first kappa shape index (κ1) is 16.0. The predicted octanol–water partition coefficient (Wildman–Crippen LogP) is 5.50. The van der Waals surface area contributed by atoms with Gasteiger partial charge in [0.15, 0.2) is 0 Å². The fourth-order valence-corrected chi connectivity index (χ4v) is 1.79. The van der Waals surface area contributed by atoms with Crippen molar-refractivity contribution in [1.29, 1.82) is 0 Å². The van der Waals surface area contributed by atoms with Crippen molar-refractivity contribution in [3.8, 4) is 0 Å². The Balaban J connectivity index is 2.83. The standard InChI is InChI=1S/C15H31O/c1-3-5-7-9-10-11-13-15-16-14-12-8-6-4-2/h14H,3-13,15H2,1-2H3. The molecule has 16 heavy (non-hydrogen) atoms. The van der Waals surface area contributed by atoms with Crippen molar-refractivity contribution in [1.82, 2.24) is 0 Å². The third kappa shape index (κ3) is 14.0. The lowest BCUT2D eigenvalue weighted by molar-refractivity contribution is 0.184. The van der Waals surface area contributed by atoms with Gasteiger partial charge in [0, 0.05) is 6.61 Å². The van der Waals surface area contributed by atoms with Crippen LogP contribution in [0.15, 0.2) is 0 Å². The highest BCUT2D eigenvalue weighted by molar-refractivity contribution is 4.52. The number of rotatable bonds is 13. The van der Waals surface area contributed by atoms with E-state index in [-0.39, 0.29) is 0 Å². The van der Waals surface area contributed by atoms with Crippen LogP contribution in [0.2, 0.25) is 0 Å². The Morgan fingerprint density at radius 1 is 0.688 bits per heavy atom. The molecule has 0 amide bonds. The monoisotopic (exact) mass is 227 g/mol. The summed E-state index contributed by atoms with van der Waals surface area (Å²) in [7, 11) is 0. The van der Waals surface area contributed by atoms with E-state index >= 15 is 0 Å². The Bertz CT molecular complexity index is 98.0. The fourth-order valence-electron chi connectivity index (χ4n) is 1.79. The van der Waals surface area contributed by atoms with Crippen LogP contribution in [0.3, 0.4) is 0 Å². The molecule has 0 atom stereocenters. The zero-order chi connectivity index (χ0) is 11.9. The van der Waals surface area contributed by atoms with E-state index in [2.05, 4.69) is 13.8 Å². The normalized spacial score (nSPS) is 10.9. The summed E-state index contributed by atoms with van der Waals surface area (Å²) in [5, 5.41) is 0. The number of hydrogen-bond donors (Lipinski definition) is 0. The van der Waals surface area contributed by atoms with Gasteiger partial charge in [-0.1, -0.05) is 71.6 Å². The minimum Gasteiger partial charge on any atom is -0.376 e. The fraction of sp³-hybridized carbons (Fsp3) is 0.933. The van der Waals surface area contributed by atoms with Crippen molar-refractivity contribution >= 4 is 0 Å². The SMILES string of the molecule is CCCCC[CH]OCCCCCCCCC. The molecule has 0 saturated carbocycles. The van der Waals surface area contributed by atoms with Gasteiger partial charge in [0.25, 0.3) is 0 Å². The molecule has 0 aromatic carbocycles. The van der Waals surface area contributed by atoms with Gasteiger partial charge in [0.2, 0.25) is 0 Å². The molecule has 97 valence electrons. The van der Waals surface area contributed by atoms with E-state index in [0.717, 1.165) is 13.0 Å². The average Bonchev–Trinajstić information content (AvgIpc) is 2.31. The molecule has 0 unspecified atom stereocenters. The smallest absolute Gasteiger partial charge is 0.0836 e. The van der Waals surface area contributed by atoms with Gasteiger partial charge in [0.1, 0.15) is 0 Å². The first-order chi connectivity index (χ1) is 7.91. The Hall–Kier alpha value is -0.0400. The summed E-state index contributed by atoms with van der Waals surface area (Å²) >= 11 is 0. The third-order valence-corrected chi connectivity index (χ3v) is 2.91. The van der Waals surface area contributed by atoms with Gasteiger partial charge in [-0.05, 0) is 12.8 Å². The molecule has 0 spiro atoms. The van der Waals surface area contributed by atoms with Crippen molar-refractivity contribution in [3.05, 3.63) is 6.61 Å². The highest BCUT2D eigenvalue weighted by Crippen LogP contribution is 2.08. The van der Waals surface area contributed by atoms with Gasteiger partial charge in [-0.3, -0.25) is 0 Å². The van der Waals surface area contributed by atoms with Crippen molar-refractivity contribution in [3.63, 3.8) is 0 Å². The summed E-state index contributed by atoms with van der Waals surface area (Å²) < 4.78 is 5.48. The van der Waals surface area contributed by atoms with E-state index in [1.165, 1.54) is 64.2 Å². The molecule has 0 bridgehead atoms. The van der Waals surface area contributed by atoms with Gasteiger partial charge in [-0.2, -0.15) is 0 Å². The van der Waals surface area contributed by atoms with Crippen molar-refractivity contribution in [2.45, 2.75) is 84.5 Å². The average molecular weight is 227 g/mol. The Morgan fingerprint density at radius 2 is 1.25 bits per heavy atom. The number of hydrogen-bond acceptors (Lipinski definition) is 1. The highest BCUT2D eigenvalue weighted by Gasteiger charge is 1.92. The second-order valence-corrected chi connectivity index (χ2v) is 4.65. The van der Waals surface area contributed by atoms with Crippen molar-refractivity contribution in [2.75, 3.05) is 6.61 Å². The highest BCUT2D eigenvalue weighted by atomic mass is 16.5. The molecule has 0 aromatic rings. The molecule has 1 heteroatoms. The molecule has 0 aromatic heterocycles. The summed E-state index contributed by atoms with van der Waals surface area (Å²) in [5.74, 6) is 0. The minimum absolute atomic E-state index is 0.930. The maximum absolute atomic E-state index is 5.48. The van der Waals surface area contributed by atoms with E-state index in [0.29, 0.717) is 0 Å². The summed E-state index contributed by atoms with van der Waals surface area (Å²) in [5.41, 5.74) is 0. The zero-order valence-electron chi connectivity index (χ0n) is 11.5.